The molecule has 148 valence electrons. The summed E-state index contributed by atoms with van der Waals surface area (Å²) < 4.78 is 10.2. The number of hydrogen-bond acceptors (Lipinski definition) is 6. The van der Waals surface area contributed by atoms with E-state index >= 15 is 0 Å². The summed E-state index contributed by atoms with van der Waals surface area (Å²) in [5.74, 6) is 0.219. The van der Waals surface area contributed by atoms with Crippen molar-refractivity contribution in [2.24, 2.45) is 4.99 Å². The molecular weight excluding hydrogens is 388 g/mol. The molecule has 0 aromatic heterocycles. The molecular formula is C22H20N2O4S. The average Bonchev–Trinajstić information content (AvgIpc) is 3.01. The summed E-state index contributed by atoms with van der Waals surface area (Å²) >= 11 is 1.30. The van der Waals surface area contributed by atoms with Crippen LogP contribution in [0.25, 0.3) is 6.08 Å². The second-order valence-corrected chi connectivity index (χ2v) is 7.09. The lowest BCUT2D eigenvalue weighted by molar-refractivity contribution is -0.121. The van der Waals surface area contributed by atoms with Crippen molar-refractivity contribution in [3.8, 4) is 5.75 Å². The summed E-state index contributed by atoms with van der Waals surface area (Å²) in [4.78, 5) is 30.7. The average molecular weight is 408 g/mol. The van der Waals surface area contributed by atoms with Crippen LogP contribution in [-0.2, 0) is 9.53 Å². The van der Waals surface area contributed by atoms with Gasteiger partial charge in [-0.3, -0.25) is 9.69 Å². The fraction of sp³-hybridized carbons (Fsp3) is 0.136. The van der Waals surface area contributed by atoms with Gasteiger partial charge >= 0.3 is 5.97 Å². The Morgan fingerprint density at radius 1 is 1.17 bits per heavy atom. The molecule has 0 saturated carbocycles. The van der Waals surface area contributed by atoms with Crippen LogP contribution in [-0.4, -0.2) is 42.7 Å². The number of aliphatic imine (C=N–C) groups is 1. The number of rotatable bonds is 6. The lowest BCUT2D eigenvalue weighted by atomic mass is 10.2. The molecule has 0 bridgehead atoms. The maximum atomic E-state index is 12.6. The van der Waals surface area contributed by atoms with Crippen LogP contribution in [0, 0.1) is 0 Å². The second kappa shape index (κ2) is 9.25. The van der Waals surface area contributed by atoms with E-state index < -0.39 is 5.97 Å². The summed E-state index contributed by atoms with van der Waals surface area (Å²) in [5, 5.41) is 0.568. The minimum Gasteiger partial charge on any atom is -0.490 e. The number of likely N-dealkylation sites (N-methyl/N-ethyl adjacent to an activating group) is 1. The number of hydrogen-bond donors (Lipinski definition) is 0. The highest BCUT2D eigenvalue weighted by Crippen LogP contribution is 2.33. The molecule has 0 spiro atoms. The van der Waals surface area contributed by atoms with Crippen LogP contribution >= 0.6 is 11.8 Å². The van der Waals surface area contributed by atoms with Gasteiger partial charge in [-0.1, -0.05) is 24.8 Å². The summed E-state index contributed by atoms with van der Waals surface area (Å²) in [7, 11) is 3.02. The fourth-order valence-electron chi connectivity index (χ4n) is 2.52. The zero-order chi connectivity index (χ0) is 20.8. The SMILES string of the molecule is C=CCOc1ccc(/C=C2\SC(=Nc3ccc(C(=O)OC)cc3)N(C)C2=O)cc1. The summed E-state index contributed by atoms with van der Waals surface area (Å²) in [5.41, 5.74) is 1.98. The van der Waals surface area contributed by atoms with Crippen molar-refractivity contribution in [2.45, 2.75) is 0 Å². The lowest BCUT2D eigenvalue weighted by Gasteiger charge is -2.07. The molecule has 6 nitrogen and oxygen atoms in total. The molecule has 0 unspecified atom stereocenters. The van der Waals surface area contributed by atoms with Crippen molar-refractivity contribution < 1.29 is 19.1 Å². The molecule has 3 rings (SSSR count). The molecule has 1 heterocycles. The van der Waals surface area contributed by atoms with E-state index in [4.69, 9.17) is 4.74 Å². The number of benzene rings is 2. The molecule has 0 N–H and O–H groups in total. The third kappa shape index (κ3) is 4.94. The topological polar surface area (TPSA) is 68.2 Å². The van der Waals surface area contributed by atoms with E-state index in [1.54, 1.807) is 37.4 Å². The molecule has 2 aromatic carbocycles. The van der Waals surface area contributed by atoms with Crippen LogP contribution in [0.2, 0.25) is 0 Å². The Balaban J connectivity index is 1.76. The highest BCUT2D eigenvalue weighted by atomic mass is 32.2. The van der Waals surface area contributed by atoms with E-state index in [9.17, 15) is 9.59 Å². The van der Waals surface area contributed by atoms with Gasteiger partial charge in [-0.25, -0.2) is 9.79 Å². The molecule has 0 atom stereocenters. The number of nitrogens with zero attached hydrogens (tertiary/aromatic N) is 2. The van der Waals surface area contributed by atoms with Crippen molar-refractivity contribution in [3.63, 3.8) is 0 Å². The molecule has 1 fully saturated rings. The summed E-state index contributed by atoms with van der Waals surface area (Å²) in [6.45, 7) is 4.06. The van der Waals surface area contributed by atoms with Crippen LogP contribution in [0.4, 0.5) is 5.69 Å². The minimum atomic E-state index is -0.405. The Morgan fingerprint density at radius 2 is 1.86 bits per heavy atom. The van der Waals surface area contributed by atoms with E-state index in [1.165, 1.54) is 23.8 Å². The Bertz CT molecular complexity index is 979. The van der Waals surface area contributed by atoms with Crippen molar-refractivity contribution in [1.29, 1.82) is 0 Å². The molecule has 1 saturated heterocycles. The first-order valence-electron chi connectivity index (χ1n) is 8.80. The highest BCUT2D eigenvalue weighted by molar-refractivity contribution is 8.18. The summed E-state index contributed by atoms with van der Waals surface area (Å²) in [6, 6.07) is 14.2. The van der Waals surface area contributed by atoms with Gasteiger partial charge in [0, 0.05) is 7.05 Å². The molecule has 0 radical (unpaired) electrons. The number of ether oxygens (including phenoxy) is 2. The second-order valence-electron chi connectivity index (χ2n) is 6.08. The zero-order valence-corrected chi connectivity index (χ0v) is 16.9. The number of carbonyl (C=O) groups is 2. The third-order valence-corrected chi connectivity index (χ3v) is 5.12. The van der Waals surface area contributed by atoms with Crippen LogP contribution < -0.4 is 4.74 Å². The van der Waals surface area contributed by atoms with Crippen molar-refractivity contribution in [3.05, 3.63) is 77.2 Å². The smallest absolute Gasteiger partial charge is 0.337 e. The number of methoxy groups -OCH3 is 1. The number of amides is 1. The van der Waals surface area contributed by atoms with E-state index in [2.05, 4.69) is 16.3 Å². The van der Waals surface area contributed by atoms with E-state index in [1.807, 2.05) is 30.3 Å². The van der Waals surface area contributed by atoms with Gasteiger partial charge in [-0.05, 0) is 59.8 Å². The first-order valence-corrected chi connectivity index (χ1v) is 9.62. The van der Waals surface area contributed by atoms with Crippen molar-refractivity contribution >= 4 is 40.6 Å². The van der Waals surface area contributed by atoms with Gasteiger partial charge in [-0.15, -0.1) is 0 Å². The molecule has 2 aromatic rings. The predicted molar refractivity (Wildman–Crippen MR) is 115 cm³/mol. The van der Waals surface area contributed by atoms with Gasteiger partial charge in [0.15, 0.2) is 5.17 Å². The Morgan fingerprint density at radius 3 is 2.48 bits per heavy atom. The molecule has 1 aliphatic heterocycles. The highest BCUT2D eigenvalue weighted by Gasteiger charge is 2.30. The first kappa shape index (κ1) is 20.4. The van der Waals surface area contributed by atoms with Gasteiger partial charge in [-0.2, -0.15) is 0 Å². The predicted octanol–water partition coefficient (Wildman–Crippen LogP) is 4.27. The molecule has 1 aliphatic rings. The third-order valence-electron chi connectivity index (χ3n) is 4.06. The van der Waals surface area contributed by atoms with Gasteiger partial charge < -0.3 is 9.47 Å². The fourth-order valence-corrected chi connectivity index (χ4v) is 3.51. The maximum Gasteiger partial charge on any atom is 0.337 e. The number of carbonyl (C=O) groups excluding carboxylic acids is 2. The van der Waals surface area contributed by atoms with Crippen molar-refractivity contribution in [2.75, 3.05) is 20.8 Å². The molecule has 0 aliphatic carbocycles. The largest absolute Gasteiger partial charge is 0.490 e. The Kier molecular flexibility index (Phi) is 6.51. The lowest BCUT2D eigenvalue weighted by Crippen LogP contribution is -2.23. The zero-order valence-electron chi connectivity index (χ0n) is 16.1. The van der Waals surface area contributed by atoms with Gasteiger partial charge in [0.2, 0.25) is 0 Å². The van der Waals surface area contributed by atoms with Gasteiger partial charge in [0.05, 0.1) is 23.3 Å². The van der Waals surface area contributed by atoms with E-state index in [0.717, 1.165) is 11.3 Å². The molecule has 7 heteroatoms. The van der Waals surface area contributed by atoms with Gasteiger partial charge in [0.1, 0.15) is 12.4 Å². The molecule has 29 heavy (non-hydrogen) atoms. The quantitative estimate of drug-likeness (QED) is 0.406. The van der Waals surface area contributed by atoms with E-state index in [0.29, 0.717) is 27.9 Å². The summed E-state index contributed by atoms with van der Waals surface area (Å²) in [6.07, 6.45) is 3.51. The monoisotopic (exact) mass is 408 g/mol. The van der Waals surface area contributed by atoms with E-state index in [-0.39, 0.29) is 5.91 Å². The van der Waals surface area contributed by atoms with Crippen LogP contribution in [0.1, 0.15) is 15.9 Å². The number of thioether (sulfide) groups is 1. The standard InChI is InChI=1S/C22H20N2O4S/c1-4-13-28-18-11-5-15(6-12-18)14-19-20(25)24(2)22(29-19)23-17-9-7-16(8-10-17)21(26)27-3/h4-12,14H,1,13H2,2-3H3/b19-14-,23-22?. The van der Waals surface area contributed by atoms with Gasteiger partial charge in [0.25, 0.3) is 5.91 Å². The maximum absolute atomic E-state index is 12.6. The normalized spacial score (nSPS) is 16.3. The van der Waals surface area contributed by atoms with Crippen LogP contribution in [0.5, 0.6) is 5.75 Å². The molecule has 1 amide bonds. The Labute approximate surface area is 173 Å². The number of esters is 1. The minimum absolute atomic E-state index is 0.119. The van der Waals surface area contributed by atoms with Crippen molar-refractivity contribution in [1.82, 2.24) is 4.90 Å². The van der Waals surface area contributed by atoms with Crippen LogP contribution in [0.15, 0.2) is 71.1 Å². The van der Waals surface area contributed by atoms with Crippen LogP contribution in [0.3, 0.4) is 0 Å². The number of amidine groups is 1. The first-order chi connectivity index (χ1) is 14.0. The Hall–Kier alpha value is -3.32.